The fraction of sp³-hybridized carbons (Fsp3) is 0.100. The maximum absolute atomic E-state index is 12.2. The van der Waals surface area contributed by atoms with Crippen molar-refractivity contribution < 1.29 is 4.79 Å². The molecule has 0 saturated carbocycles. The SMILES string of the molecule is Cn1ncc2cc(CNC(=O)Nc3cncc(-c4ccccc4)c3)cnc21. The van der Waals surface area contributed by atoms with Crippen LogP contribution in [0.3, 0.4) is 0 Å². The topological polar surface area (TPSA) is 84.7 Å². The Bertz CT molecular complexity index is 1090. The van der Waals surface area contributed by atoms with Gasteiger partial charge in [-0.1, -0.05) is 30.3 Å². The zero-order valence-corrected chi connectivity index (χ0v) is 14.8. The van der Waals surface area contributed by atoms with Gasteiger partial charge in [0.05, 0.1) is 18.1 Å². The Morgan fingerprint density at radius 2 is 1.89 bits per heavy atom. The van der Waals surface area contributed by atoms with Gasteiger partial charge >= 0.3 is 6.03 Å². The van der Waals surface area contributed by atoms with Crippen LogP contribution in [-0.2, 0) is 13.6 Å². The number of carbonyl (C=O) groups excluding carboxylic acids is 1. The van der Waals surface area contributed by atoms with Gasteiger partial charge in [0.15, 0.2) is 5.65 Å². The first-order chi connectivity index (χ1) is 13.2. The van der Waals surface area contributed by atoms with Crippen LogP contribution in [0.2, 0.25) is 0 Å². The van der Waals surface area contributed by atoms with Crippen molar-refractivity contribution in [2.75, 3.05) is 5.32 Å². The minimum atomic E-state index is -0.298. The number of aromatic nitrogens is 4. The van der Waals surface area contributed by atoms with E-state index >= 15 is 0 Å². The molecule has 4 aromatic rings. The minimum absolute atomic E-state index is 0.298. The molecular formula is C20H18N6O. The van der Waals surface area contributed by atoms with Crippen LogP contribution in [0.5, 0.6) is 0 Å². The number of aryl methyl sites for hydroxylation is 1. The summed E-state index contributed by atoms with van der Waals surface area (Å²) < 4.78 is 1.71. The summed E-state index contributed by atoms with van der Waals surface area (Å²) in [7, 11) is 1.85. The van der Waals surface area contributed by atoms with E-state index in [9.17, 15) is 4.79 Å². The van der Waals surface area contributed by atoms with Crippen LogP contribution < -0.4 is 10.6 Å². The lowest BCUT2D eigenvalue weighted by molar-refractivity contribution is 0.251. The van der Waals surface area contributed by atoms with E-state index in [2.05, 4.69) is 25.7 Å². The molecule has 7 heteroatoms. The van der Waals surface area contributed by atoms with Gasteiger partial charge in [0.25, 0.3) is 0 Å². The van der Waals surface area contributed by atoms with E-state index in [1.54, 1.807) is 29.5 Å². The highest BCUT2D eigenvalue weighted by molar-refractivity contribution is 5.89. The lowest BCUT2D eigenvalue weighted by atomic mass is 10.1. The van der Waals surface area contributed by atoms with E-state index in [1.165, 1.54) is 0 Å². The molecular weight excluding hydrogens is 340 g/mol. The van der Waals surface area contributed by atoms with Gasteiger partial charge in [0.1, 0.15) is 0 Å². The van der Waals surface area contributed by atoms with Crippen molar-refractivity contribution in [1.29, 1.82) is 0 Å². The van der Waals surface area contributed by atoms with Gasteiger partial charge in [-0.15, -0.1) is 0 Å². The number of pyridine rings is 2. The summed E-state index contributed by atoms with van der Waals surface area (Å²) in [4.78, 5) is 20.8. The number of benzene rings is 1. The summed E-state index contributed by atoms with van der Waals surface area (Å²) in [5.41, 5.74) is 4.34. The lowest BCUT2D eigenvalue weighted by Crippen LogP contribution is -2.28. The summed E-state index contributed by atoms with van der Waals surface area (Å²) in [5.74, 6) is 0. The Labute approximate surface area is 156 Å². The van der Waals surface area contributed by atoms with E-state index in [4.69, 9.17) is 0 Å². The van der Waals surface area contributed by atoms with Crippen LogP contribution in [0.1, 0.15) is 5.56 Å². The highest BCUT2D eigenvalue weighted by atomic mass is 16.2. The molecule has 0 atom stereocenters. The molecule has 0 saturated heterocycles. The van der Waals surface area contributed by atoms with E-state index in [1.807, 2.05) is 49.5 Å². The molecule has 0 spiro atoms. The van der Waals surface area contributed by atoms with Crippen LogP contribution in [0.4, 0.5) is 10.5 Å². The summed E-state index contributed by atoms with van der Waals surface area (Å²) in [5, 5.41) is 10.8. The number of nitrogens with zero attached hydrogens (tertiary/aromatic N) is 4. The normalized spacial score (nSPS) is 10.7. The van der Waals surface area contributed by atoms with E-state index < -0.39 is 0 Å². The Hall–Kier alpha value is -3.74. The zero-order valence-electron chi connectivity index (χ0n) is 14.8. The smallest absolute Gasteiger partial charge is 0.319 e. The van der Waals surface area contributed by atoms with Gasteiger partial charge in [-0.05, 0) is 23.3 Å². The van der Waals surface area contributed by atoms with Gasteiger partial charge in [-0.25, -0.2) is 9.78 Å². The Morgan fingerprint density at radius 3 is 2.74 bits per heavy atom. The predicted molar refractivity (Wildman–Crippen MR) is 104 cm³/mol. The highest BCUT2D eigenvalue weighted by Gasteiger charge is 2.06. The highest BCUT2D eigenvalue weighted by Crippen LogP contribution is 2.20. The molecule has 134 valence electrons. The molecule has 4 rings (SSSR count). The first kappa shape index (κ1) is 16.7. The second-order valence-corrected chi connectivity index (χ2v) is 6.16. The summed E-state index contributed by atoms with van der Waals surface area (Å²) in [6, 6.07) is 13.5. The molecule has 7 nitrogen and oxygen atoms in total. The quantitative estimate of drug-likeness (QED) is 0.586. The molecule has 2 N–H and O–H groups in total. The Morgan fingerprint density at radius 1 is 1.04 bits per heavy atom. The third kappa shape index (κ3) is 3.77. The van der Waals surface area contributed by atoms with Crippen LogP contribution in [-0.4, -0.2) is 25.8 Å². The first-order valence-corrected chi connectivity index (χ1v) is 8.51. The van der Waals surface area contributed by atoms with Crippen LogP contribution in [0, 0.1) is 0 Å². The predicted octanol–water partition coefficient (Wildman–Crippen LogP) is 3.35. The Balaban J connectivity index is 1.40. The summed E-state index contributed by atoms with van der Waals surface area (Å²) >= 11 is 0. The number of amides is 2. The summed E-state index contributed by atoms with van der Waals surface area (Å²) in [6.45, 7) is 0.371. The van der Waals surface area contributed by atoms with Crippen LogP contribution >= 0.6 is 0 Å². The molecule has 0 aliphatic heterocycles. The maximum Gasteiger partial charge on any atom is 0.319 e. The summed E-state index contributed by atoms with van der Waals surface area (Å²) in [6.07, 6.45) is 6.89. The number of anilines is 1. The van der Waals surface area contributed by atoms with Crippen molar-refractivity contribution in [1.82, 2.24) is 25.1 Å². The van der Waals surface area contributed by atoms with Gasteiger partial charge < -0.3 is 10.6 Å². The number of nitrogens with one attached hydrogen (secondary N) is 2. The largest absolute Gasteiger partial charge is 0.334 e. The number of hydrogen-bond donors (Lipinski definition) is 2. The molecule has 0 radical (unpaired) electrons. The average Bonchev–Trinajstić information content (AvgIpc) is 3.08. The average molecular weight is 358 g/mol. The fourth-order valence-electron chi connectivity index (χ4n) is 2.84. The minimum Gasteiger partial charge on any atom is -0.334 e. The molecule has 0 bridgehead atoms. The lowest BCUT2D eigenvalue weighted by Gasteiger charge is -2.09. The zero-order chi connectivity index (χ0) is 18.6. The van der Waals surface area contributed by atoms with Crippen molar-refractivity contribution in [3.05, 3.63) is 72.8 Å². The third-order valence-electron chi connectivity index (χ3n) is 4.18. The molecule has 0 aliphatic carbocycles. The van der Waals surface area contributed by atoms with Crippen molar-refractivity contribution in [2.45, 2.75) is 6.54 Å². The van der Waals surface area contributed by atoms with Gasteiger partial charge in [-0.2, -0.15) is 5.10 Å². The maximum atomic E-state index is 12.2. The molecule has 0 aliphatic rings. The van der Waals surface area contributed by atoms with Crippen LogP contribution in [0.15, 0.2) is 67.3 Å². The van der Waals surface area contributed by atoms with E-state index in [-0.39, 0.29) is 6.03 Å². The first-order valence-electron chi connectivity index (χ1n) is 8.51. The number of fused-ring (bicyclic) bond motifs is 1. The van der Waals surface area contributed by atoms with Gasteiger partial charge in [0.2, 0.25) is 0 Å². The monoisotopic (exact) mass is 358 g/mol. The molecule has 3 heterocycles. The van der Waals surface area contributed by atoms with E-state index in [0.29, 0.717) is 12.2 Å². The molecule has 3 aromatic heterocycles. The molecule has 0 fully saturated rings. The standard InChI is InChI=1S/C20H18N6O/c1-26-19-17(12-24-26)7-14(9-22-19)10-23-20(27)25-18-8-16(11-21-13-18)15-5-3-2-4-6-15/h2-9,11-13H,10H2,1H3,(H2,23,25,27). The second-order valence-electron chi connectivity index (χ2n) is 6.16. The number of carbonyl (C=O) groups is 1. The second kappa shape index (κ2) is 7.25. The van der Waals surface area contributed by atoms with Gasteiger partial charge in [0, 0.05) is 36.9 Å². The molecule has 27 heavy (non-hydrogen) atoms. The number of urea groups is 1. The Kier molecular flexibility index (Phi) is 4.49. The van der Waals surface area contributed by atoms with Crippen molar-refractivity contribution >= 4 is 22.8 Å². The molecule has 0 unspecified atom stereocenters. The molecule has 1 aromatic carbocycles. The van der Waals surface area contributed by atoms with Crippen molar-refractivity contribution in [3.63, 3.8) is 0 Å². The van der Waals surface area contributed by atoms with Crippen molar-refractivity contribution in [3.8, 4) is 11.1 Å². The van der Waals surface area contributed by atoms with Crippen molar-refractivity contribution in [2.24, 2.45) is 7.05 Å². The van der Waals surface area contributed by atoms with Gasteiger partial charge in [-0.3, -0.25) is 9.67 Å². The number of rotatable bonds is 4. The fourth-order valence-corrected chi connectivity index (χ4v) is 2.84. The molecule has 2 amide bonds. The van der Waals surface area contributed by atoms with Crippen LogP contribution in [0.25, 0.3) is 22.2 Å². The third-order valence-corrected chi connectivity index (χ3v) is 4.18. The number of hydrogen-bond acceptors (Lipinski definition) is 4. The van der Waals surface area contributed by atoms with E-state index in [0.717, 1.165) is 27.7 Å².